The van der Waals surface area contributed by atoms with Crippen molar-refractivity contribution in [3.05, 3.63) is 57.9 Å². The maximum Gasteiger partial charge on any atom is 0.279 e. The fourth-order valence-electron chi connectivity index (χ4n) is 2.99. The van der Waals surface area contributed by atoms with E-state index in [1.54, 1.807) is 11.8 Å². The van der Waals surface area contributed by atoms with Gasteiger partial charge in [-0.15, -0.1) is 0 Å². The lowest BCUT2D eigenvalue weighted by Crippen LogP contribution is -2.18. The van der Waals surface area contributed by atoms with Gasteiger partial charge < -0.3 is 4.57 Å². The summed E-state index contributed by atoms with van der Waals surface area (Å²) >= 11 is 3.26. The highest BCUT2D eigenvalue weighted by Gasteiger charge is 2.13. The predicted octanol–water partition coefficient (Wildman–Crippen LogP) is 3.83. The van der Waals surface area contributed by atoms with E-state index in [9.17, 15) is 13.2 Å². The van der Waals surface area contributed by atoms with Crippen molar-refractivity contribution in [2.45, 2.75) is 25.3 Å². The average Bonchev–Trinajstić information content (AvgIpc) is 2.96. The van der Waals surface area contributed by atoms with Crippen LogP contribution in [0.3, 0.4) is 0 Å². The van der Waals surface area contributed by atoms with Gasteiger partial charge in [0.25, 0.3) is 5.91 Å². The molecule has 0 atom stereocenters. The Labute approximate surface area is 173 Å². The van der Waals surface area contributed by atoms with Crippen LogP contribution in [0.4, 0.5) is 0 Å². The van der Waals surface area contributed by atoms with Gasteiger partial charge in [-0.2, -0.15) is 16.8 Å². The second-order valence-corrected chi connectivity index (χ2v) is 10.7. The normalized spacial score (nSPS) is 12.6. The molecule has 0 radical (unpaired) electrons. The van der Waals surface area contributed by atoms with Gasteiger partial charge in [0.2, 0.25) is 0 Å². The third-order valence-corrected chi connectivity index (χ3v) is 7.31. The van der Waals surface area contributed by atoms with Crippen LogP contribution in [0, 0.1) is 13.8 Å². The monoisotopic (exact) mass is 434 g/mol. The van der Waals surface area contributed by atoms with Gasteiger partial charge in [-0.05, 0) is 61.6 Å². The number of carbonyl (C=O) groups excluding carboxylic acids is 1. The molecule has 3 aromatic rings. The molecule has 5 nitrogen and oxygen atoms in total. The summed E-state index contributed by atoms with van der Waals surface area (Å²) in [6.45, 7) is 4.90. The molecule has 1 aromatic heterocycles. The summed E-state index contributed by atoms with van der Waals surface area (Å²) in [4.78, 5) is 17.9. The van der Waals surface area contributed by atoms with Crippen LogP contribution in [-0.2, 0) is 16.4 Å². The van der Waals surface area contributed by atoms with Crippen molar-refractivity contribution >= 4 is 49.1 Å². The Kier molecular flexibility index (Phi) is 6.12. The highest BCUT2D eigenvalue weighted by atomic mass is 32.2. The van der Waals surface area contributed by atoms with E-state index in [2.05, 4.69) is 41.8 Å². The topological polar surface area (TPSA) is 68.5 Å². The number of hydrogen-bond donors (Lipinski definition) is 0. The molecule has 0 unspecified atom stereocenters. The minimum absolute atomic E-state index is 0.187. The van der Waals surface area contributed by atoms with Gasteiger partial charge in [0, 0.05) is 24.1 Å². The molecule has 148 valence electrons. The number of thioether (sulfide) groups is 1. The summed E-state index contributed by atoms with van der Waals surface area (Å²) in [5.74, 6) is 0.544. The molecule has 0 spiro atoms. The first-order valence-corrected chi connectivity index (χ1v) is 12.8. The van der Waals surface area contributed by atoms with E-state index in [0.717, 1.165) is 28.8 Å². The Balaban J connectivity index is 2.09. The van der Waals surface area contributed by atoms with Crippen LogP contribution in [0.15, 0.2) is 46.3 Å². The summed E-state index contributed by atoms with van der Waals surface area (Å²) in [7, 11) is -3.29. The average molecular weight is 435 g/mol. The summed E-state index contributed by atoms with van der Waals surface area (Å²) in [6, 6.07) is 10.2. The van der Waals surface area contributed by atoms with Gasteiger partial charge >= 0.3 is 0 Å². The smallest absolute Gasteiger partial charge is 0.279 e. The molecule has 1 heterocycles. The van der Waals surface area contributed by atoms with E-state index in [1.807, 2.05) is 0 Å². The molecule has 8 heteroatoms. The number of sulfone groups is 1. The Morgan fingerprint density at radius 1 is 1.18 bits per heavy atom. The number of aryl methyl sites for hydroxylation is 3. The van der Waals surface area contributed by atoms with Crippen LogP contribution in [0.25, 0.3) is 10.2 Å². The molecule has 0 saturated carbocycles. The van der Waals surface area contributed by atoms with Crippen molar-refractivity contribution in [2.24, 2.45) is 4.99 Å². The lowest BCUT2D eigenvalue weighted by atomic mass is 10.1. The number of carbonyl (C=O) groups is 1. The Bertz CT molecular complexity index is 1200. The van der Waals surface area contributed by atoms with Crippen LogP contribution in [-0.4, -0.2) is 37.2 Å². The Morgan fingerprint density at radius 3 is 2.46 bits per heavy atom. The van der Waals surface area contributed by atoms with Crippen molar-refractivity contribution in [3.8, 4) is 0 Å². The number of fused-ring (bicyclic) bond motifs is 1. The first-order valence-electron chi connectivity index (χ1n) is 8.69. The summed E-state index contributed by atoms with van der Waals surface area (Å²) in [5.41, 5.74) is 3.81. The number of hydrogen-bond acceptors (Lipinski definition) is 5. The third kappa shape index (κ3) is 4.39. The van der Waals surface area contributed by atoms with Gasteiger partial charge in [-0.3, -0.25) is 4.79 Å². The Hall–Kier alpha value is -1.90. The molecule has 1 amide bonds. The van der Waals surface area contributed by atoms with Gasteiger partial charge in [-0.1, -0.05) is 17.4 Å². The summed E-state index contributed by atoms with van der Waals surface area (Å²) in [5, 5.41) is 0. The van der Waals surface area contributed by atoms with E-state index < -0.39 is 9.84 Å². The maximum atomic E-state index is 12.7. The van der Waals surface area contributed by atoms with Gasteiger partial charge in [0.15, 0.2) is 14.6 Å². The molecule has 28 heavy (non-hydrogen) atoms. The molecule has 0 aliphatic rings. The highest BCUT2D eigenvalue weighted by Crippen LogP contribution is 2.24. The lowest BCUT2D eigenvalue weighted by Gasteiger charge is -2.05. The van der Waals surface area contributed by atoms with Gasteiger partial charge in [0.05, 0.1) is 15.1 Å². The fourth-order valence-corrected chi connectivity index (χ4v) is 5.09. The number of nitrogens with zero attached hydrogens (tertiary/aromatic N) is 2. The fraction of sp³-hybridized carbons (Fsp3) is 0.300. The molecule has 0 aliphatic heterocycles. The van der Waals surface area contributed by atoms with Gasteiger partial charge in [-0.25, -0.2) is 8.42 Å². The number of aromatic nitrogens is 1. The molecule has 2 aromatic carbocycles. The highest BCUT2D eigenvalue weighted by molar-refractivity contribution is 7.98. The van der Waals surface area contributed by atoms with Crippen LogP contribution in [0.2, 0.25) is 0 Å². The number of amides is 1. The standard InChI is InChI=1S/C20H22N2O3S3/c1-13-11-14(2)18-17(12-13)22(9-10-26-3)20(27-18)21-19(23)15-5-7-16(8-6-15)28(4,24)25/h5-8,11-12H,9-10H2,1-4H3. The molecule has 0 bridgehead atoms. The quantitative estimate of drug-likeness (QED) is 0.612. The predicted molar refractivity (Wildman–Crippen MR) is 117 cm³/mol. The van der Waals surface area contributed by atoms with Crippen molar-refractivity contribution in [3.63, 3.8) is 0 Å². The summed E-state index contributed by atoms with van der Waals surface area (Å²) < 4.78 is 26.4. The zero-order valence-electron chi connectivity index (χ0n) is 16.2. The SMILES string of the molecule is CSCCn1c(=NC(=O)c2ccc(S(C)(=O)=O)cc2)sc2c(C)cc(C)cc21. The van der Waals surface area contributed by atoms with Crippen LogP contribution < -0.4 is 4.80 Å². The van der Waals surface area contributed by atoms with Crippen molar-refractivity contribution in [1.82, 2.24) is 4.57 Å². The van der Waals surface area contributed by atoms with E-state index in [-0.39, 0.29) is 10.8 Å². The van der Waals surface area contributed by atoms with E-state index in [1.165, 1.54) is 46.7 Å². The first-order chi connectivity index (χ1) is 13.2. The second-order valence-electron chi connectivity index (χ2n) is 6.67. The summed E-state index contributed by atoms with van der Waals surface area (Å²) in [6.07, 6.45) is 3.20. The zero-order valence-corrected chi connectivity index (χ0v) is 18.7. The number of benzene rings is 2. The van der Waals surface area contributed by atoms with Crippen molar-refractivity contribution < 1.29 is 13.2 Å². The maximum absolute atomic E-state index is 12.7. The van der Waals surface area contributed by atoms with E-state index >= 15 is 0 Å². The number of thiazole rings is 1. The minimum Gasteiger partial charge on any atom is -0.315 e. The Morgan fingerprint density at radius 2 is 1.86 bits per heavy atom. The zero-order chi connectivity index (χ0) is 20.5. The molecule has 0 fully saturated rings. The van der Waals surface area contributed by atoms with Crippen molar-refractivity contribution in [1.29, 1.82) is 0 Å². The molecule has 0 saturated heterocycles. The third-order valence-electron chi connectivity index (χ3n) is 4.36. The lowest BCUT2D eigenvalue weighted by molar-refractivity contribution is 0.0997. The largest absolute Gasteiger partial charge is 0.315 e. The van der Waals surface area contributed by atoms with Crippen LogP contribution in [0.5, 0.6) is 0 Å². The molecular weight excluding hydrogens is 412 g/mol. The first kappa shape index (κ1) is 20.8. The number of rotatable bonds is 5. The minimum atomic E-state index is -3.29. The van der Waals surface area contributed by atoms with Crippen molar-refractivity contribution in [2.75, 3.05) is 18.3 Å². The van der Waals surface area contributed by atoms with Gasteiger partial charge in [0.1, 0.15) is 0 Å². The molecule has 0 aliphatic carbocycles. The van der Waals surface area contributed by atoms with Crippen LogP contribution in [0.1, 0.15) is 21.5 Å². The molecule has 0 N–H and O–H groups in total. The van der Waals surface area contributed by atoms with Crippen LogP contribution >= 0.6 is 23.1 Å². The van der Waals surface area contributed by atoms with E-state index in [0.29, 0.717) is 10.4 Å². The second kappa shape index (κ2) is 8.23. The van der Waals surface area contributed by atoms with E-state index in [4.69, 9.17) is 0 Å². The molecular formula is C20H22N2O3S3. The molecule has 3 rings (SSSR count).